The molecular formula is C25H20ClN5O3. The Kier molecular flexibility index (Phi) is 5.97. The molecule has 1 saturated heterocycles. The molecule has 0 aliphatic carbocycles. The van der Waals surface area contributed by atoms with Gasteiger partial charge >= 0.3 is 0 Å². The average Bonchev–Trinajstić information content (AvgIpc) is 3.52. The zero-order chi connectivity index (χ0) is 23.5. The Bertz CT molecular complexity index is 1290. The number of aromatic nitrogens is 3. The lowest BCUT2D eigenvalue weighted by Gasteiger charge is -2.16. The number of nitrogens with one attached hydrogen (secondary N) is 1. The van der Waals surface area contributed by atoms with E-state index in [0.717, 1.165) is 5.69 Å². The molecule has 170 valence electrons. The highest BCUT2D eigenvalue weighted by Crippen LogP contribution is 2.28. The maximum atomic E-state index is 12.7. The lowest BCUT2D eigenvalue weighted by molar-refractivity contribution is -0.122. The number of rotatable bonds is 6. The highest BCUT2D eigenvalue weighted by molar-refractivity contribution is 6.30. The highest BCUT2D eigenvalue weighted by Gasteiger charge is 2.35. The summed E-state index contributed by atoms with van der Waals surface area (Å²) in [6.45, 7) is 0.325. The summed E-state index contributed by atoms with van der Waals surface area (Å²) >= 11 is 5.92. The molecular weight excluding hydrogens is 454 g/mol. The first kappa shape index (κ1) is 21.7. The first-order valence-electron chi connectivity index (χ1n) is 10.7. The third-order valence-corrected chi connectivity index (χ3v) is 5.73. The molecule has 1 fully saturated rings. The molecule has 3 heterocycles. The van der Waals surface area contributed by atoms with Gasteiger partial charge in [-0.3, -0.25) is 9.59 Å². The minimum atomic E-state index is -0.437. The van der Waals surface area contributed by atoms with Crippen LogP contribution in [0.5, 0.6) is 11.6 Å². The van der Waals surface area contributed by atoms with Gasteiger partial charge in [-0.1, -0.05) is 11.6 Å². The predicted octanol–water partition coefficient (Wildman–Crippen LogP) is 4.70. The van der Waals surface area contributed by atoms with E-state index < -0.39 is 5.92 Å². The molecule has 0 saturated carbocycles. The monoisotopic (exact) mass is 473 g/mol. The molecule has 2 aromatic carbocycles. The van der Waals surface area contributed by atoms with Crippen LogP contribution in [0, 0.1) is 5.92 Å². The third kappa shape index (κ3) is 4.77. The predicted molar refractivity (Wildman–Crippen MR) is 128 cm³/mol. The maximum Gasteiger partial charge on any atom is 0.238 e. The molecule has 2 aromatic heterocycles. The van der Waals surface area contributed by atoms with Gasteiger partial charge in [-0.25, -0.2) is 0 Å². The normalized spacial score (nSPS) is 15.4. The van der Waals surface area contributed by atoms with E-state index in [0.29, 0.717) is 34.7 Å². The van der Waals surface area contributed by atoms with Gasteiger partial charge in [0.2, 0.25) is 17.7 Å². The Hall–Kier alpha value is -4.17. The van der Waals surface area contributed by atoms with Gasteiger partial charge in [0.25, 0.3) is 0 Å². The Labute approximate surface area is 200 Å². The summed E-state index contributed by atoms with van der Waals surface area (Å²) in [5.74, 6) is 0.883. The fraction of sp³-hybridized carbons (Fsp3) is 0.120. The van der Waals surface area contributed by atoms with Crippen LogP contribution in [0.15, 0.2) is 85.2 Å². The Morgan fingerprint density at radius 2 is 1.71 bits per heavy atom. The summed E-state index contributed by atoms with van der Waals surface area (Å²) in [7, 11) is 0. The number of amides is 2. The number of ether oxygens (including phenoxy) is 1. The lowest BCUT2D eigenvalue weighted by Crippen LogP contribution is -2.28. The number of carbonyl (C=O) groups excluding carboxylic acids is 2. The molecule has 4 aromatic rings. The molecule has 2 amide bonds. The van der Waals surface area contributed by atoms with Crippen LogP contribution < -0.4 is 15.0 Å². The molecule has 1 unspecified atom stereocenters. The van der Waals surface area contributed by atoms with Crippen molar-refractivity contribution in [3.8, 4) is 17.4 Å². The summed E-state index contributed by atoms with van der Waals surface area (Å²) in [5.41, 5.74) is 1.35. The average molecular weight is 474 g/mol. The third-order valence-electron chi connectivity index (χ3n) is 5.47. The van der Waals surface area contributed by atoms with E-state index in [9.17, 15) is 9.59 Å². The molecule has 1 N–H and O–H groups in total. The van der Waals surface area contributed by atoms with Crippen molar-refractivity contribution < 1.29 is 14.3 Å². The van der Waals surface area contributed by atoms with Crippen molar-refractivity contribution in [3.05, 3.63) is 90.2 Å². The number of benzene rings is 2. The van der Waals surface area contributed by atoms with Gasteiger partial charge in [0.15, 0.2) is 5.82 Å². The van der Waals surface area contributed by atoms with Crippen molar-refractivity contribution in [2.75, 3.05) is 16.8 Å². The van der Waals surface area contributed by atoms with E-state index >= 15 is 0 Å². The van der Waals surface area contributed by atoms with Crippen LogP contribution in [0.3, 0.4) is 0 Å². The zero-order valence-electron chi connectivity index (χ0n) is 18.0. The van der Waals surface area contributed by atoms with Gasteiger partial charge < -0.3 is 19.5 Å². The molecule has 9 heteroatoms. The van der Waals surface area contributed by atoms with Crippen LogP contribution in [-0.2, 0) is 9.59 Å². The van der Waals surface area contributed by atoms with Crippen LogP contribution in [0.25, 0.3) is 5.82 Å². The molecule has 1 aliphatic heterocycles. The zero-order valence-corrected chi connectivity index (χ0v) is 18.7. The minimum Gasteiger partial charge on any atom is -0.438 e. The van der Waals surface area contributed by atoms with Gasteiger partial charge in [-0.2, -0.15) is 0 Å². The van der Waals surface area contributed by atoms with Gasteiger partial charge in [0.1, 0.15) is 5.75 Å². The Morgan fingerprint density at radius 3 is 2.38 bits per heavy atom. The largest absolute Gasteiger partial charge is 0.438 e. The van der Waals surface area contributed by atoms with Gasteiger partial charge in [0, 0.05) is 47.8 Å². The fourth-order valence-corrected chi connectivity index (χ4v) is 3.84. The highest BCUT2D eigenvalue weighted by atomic mass is 35.5. The molecule has 0 spiro atoms. The fourth-order valence-electron chi connectivity index (χ4n) is 3.72. The van der Waals surface area contributed by atoms with Crippen molar-refractivity contribution in [1.82, 2.24) is 14.8 Å². The summed E-state index contributed by atoms with van der Waals surface area (Å²) in [5, 5.41) is 11.7. The molecule has 0 radical (unpaired) electrons. The summed E-state index contributed by atoms with van der Waals surface area (Å²) in [6.07, 6.45) is 3.93. The van der Waals surface area contributed by atoms with E-state index in [4.69, 9.17) is 16.3 Å². The summed E-state index contributed by atoms with van der Waals surface area (Å²) in [4.78, 5) is 26.8. The number of hydrogen-bond donors (Lipinski definition) is 1. The van der Waals surface area contributed by atoms with Crippen LogP contribution in [-0.4, -0.2) is 33.1 Å². The van der Waals surface area contributed by atoms with E-state index in [1.807, 2.05) is 35.2 Å². The topological polar surface area (TPSA) is 89.3 Å². The van der Waals surface area contributed by atoms with Crippen LogP contribution in [0.1, 0.15) is 6.42 Å². The summed E-state index contributed by atoms with van der Waals surface area (Å²) in [6, 6.07) is 21.3. The smallest absolute Gasteiger partial charge is 0.238 e. The molecule has 1 aliphatic rings. The van der Waals surface area contributed by atoms with E-state index in [1.165, 1.54) is 0 Å². The quantitative estimate of drug-likeness (QED) is 0.438. The maximum absolute atomic E-state index is 12.7. The van der Waals surface area contributed by atoms with Crippen molar-refractivity contribution in [1.29, 1.82) is 0 Å². The Balaban J connectivity index is 1.18. The van der Waals surface area contributed by atoms with Crippen molar-refractivity contribution in [2.24, 2.45) is 5.92 Å². The second-order valence-corrected chi connectivity index (χ2v) is 8.25. The molecule has 1 atom stereocenters. The van der Waals surface area contributed by atoms with Crippen LogP contribution >= 0.6 is 11.6 Å². The van der Waals surface area contributed by atoms with Gasteiger partial charge in [-0.15, -0.1) is 10.2 Å². The van der Waals surface area contributed by atoms with Gasteiger partial charge in [0.05, 0.1) is 5.92 Å². The van der Waals surface area contributed by atoms with E-state index in [1.54, 1.807) is 59.5 Å². The van der Waals surface area contributed by atoms with Crippen molar-refractivity contribution in [3.63, 3.8) is 0 Å². The number of hydrogen-bond acceptors (Lipinski definition) is 5. The summed E-state index contributed by atoms with van der Waals surface area (Å²) < 4.78 is 7.59. The molecule has 5 rings (SSSR count). The molecule has 0 bridgehead atoms. The van der Waals surface area contributed by atoms with Crippen LogP contribution in [0.2, 0.25) is 5.02 Å². The standard InChI is InChI=1S/C25H20ClN5O3/c26-18-3-7-20(8-4-18)31-16-17(15-24(31)32)25(33)27-19-5-9-21(10-6-19)34-23-12-11-22(28-29-23)30-13-1-2-14-30/h1-14,17H,15-16H2,(H,27,33). The lowest BCUT2D eigenvalue weighted by atomic mass is 10.1. The first-order valence-corrected chi connectivity index (χ1v) is 11.0. The SMILES string of the molecule is O=C(Nc1ccc(Oc2ccc(-n3cccc3)nn2)cc1)C1CC(=O)N(c2ccc(Cl)cc2)C1. The minimum absolute atomic E-state index is 0.0878. The number of halogens is 1. The second kappa shape index (κ2) is 9.36. The van der Waals surface area contributed by atoms with Crippen molar-refractivity contribution in [2.45, 2.75) is 6.42 Å². The molecule has 34 heavy (non-hydrogen) atoms. The second-order valence-electron chi connectivity index (χ2n) is 7.82. The van der Waals surface area contributed by atoms with E-state index in [2.05, 4.69) is 15.5 Å². The van der Waals surface area contributed by atoms with E-state index in [-0.39, 0.29) is 18.2 Å². The number of nitrogens with zero attached hydrogens (tertiary/aromatic N) is 4. The first-order chi connectivity index (χ1) is 16.5. The van der Waals surface area contributed by atoms with Crippen LogP contribution in [0.4, 0.5) is 11.4 Å². The number of carbonyl (C=O) groups is 2. The Morgan fingerprint density at radius 1 is 0.971 bits per heavy atom. The van der Waals surface area contributed by atoms with Crippen molar-refractivity contribution >= 4 is 34.8 Å². The molecule has 8 nitrogen and oxygen atoms in total. The van der Waals surface area contributed by atoms with Gasteiger partial charge in [-0.05, 0) is 66.7 Å². The number of anilines is 2.